The summed E-state index contributed by atoms with van der Waals surface area (Å²) in [7, 11) is 0. The molecular formula is C22H19ClN4O2. The van der Waals surface area contributed by atoms with E-state index >= 15 is 0 Å². The lowest BCUT2D eigenvalue weighted by Crippen LogP contribution is -2.36. The summed E-state index contributed by atoms with van der Waals surface area (Å²) in [5, 5.41) is 0.408. The highest BCUT2D eigenvalue weighted by molar-refractivity contribution is 6.29. The van der Waals surface area contributed by atoms with Crippen LogP contribution in [0, 0.1) is 0 Å². The number of primary amides is 1. The number of nitrogens with two attached hydrogens (primary N) is 1. The van der Waals surface area contributed by atoms with Gasteiger partial charge >= 0.3 is 0 Å². The van der Waals surface area contributed by atoms with E-state index in [9.17, 15) is 4.79 Å². The molecule has 0 spiro atoms. The molecule has 0 unspecified atom stereocenters. The van der Waals surface area contributed by atoms with E-state index in [2.05, 4.69) is 28.1 Å². The normalized spacial score (nSPS) is 15.1. The van der Waals surface area contributed by atoms with E-state index in [0.29, 0.717) is 22.8 Å². The summed E-state index contributed by atoms with van der Waals surface area (Å²) in [6.45, 7) is 3.24. The lowest BCUT2D eigenvalue weighted by molar-refractivity contribution is 0.0999. The maximum Gasteiger partial charge on any atom is 0.249 e. The zero-order chi connectivity index (χ0) is 20.0. The van der Waals surface area contributed by atoms with Crippen LogP contribution in [0.5, 0.6) is 0 Å². The molecule has 1 saturated heterocycles. The van der Waals surface area contributed by atoms with E-state index in [-0.39, 0.29) is 0 Å². The van der Waals surface area contributed by atoms with Crippen molar-refractivity contribution in [3.8, 4) is 22.5 Å². The number of carbonyl (C=O) groups is 1. The Labute approximate surface area is 173 Å². The van der Waals surface area contributed by atoms with Crippen molar-refractivity contribution in [3.05, 3.63) is 64.4 Å². The van der Waals surface area contributed by atoms with E-state index in [0.717, 1.165) is 54.3 Å². The fourth-order valence-electron chi connectivity index (χ4n) is 4.03. The number of halogens is 1. The van der Waals surface area contributed by atoms with Crippen molar-refractivity contribution in [2.45, 2.75) is 6.42 Å². The molecule has 2 aromatic heterocycles. The lowest BCUT2D eigenvalue weighted by Gasteiger charge is -2.29. The van der Waals surface area contributed by atoms with Crippen molar-refractivity contribution in [2.75, 3.05) is 31.2 Å². The SMILES string of the molecule is NC(=O)c1cc(-c2ccc(Cl)nc2)nc2c1Cc1cc(N3CCOCC3)ccc1-2. The fourth-order valence-corrected chi connectivity index (χ4v) is 4.15. The minimum absolute atomic E-state index is 0.408. The Hall–Kier alpha value is -2.96. The molecule has 0 atom stereocenters. The summed E-state index contributed by atoms with van der Waals surface area (Å²) in [4.78, 5) is 23.5. The molecule has 1 aliphatic carbocycles. The molecule has 1 aromatic carbocycles. The summed E-state index contributed by atoms with van der Waals surface area (Å²) in [5.74, 6) is -0.451. The van der Waals surface area contributed by atoms with E-state index in [4.69, 9.17) is 27.1 Å². The topological polar surface area (TPSA) is 81.3 Å². The smallest absolute Gasteiger partial charge is 0.249 e. The number of fused-ring (bicyclic) bond motifs is 3. The molecule has 0 saturated carbocycles. The molecule has 3 aromatic rings. The lowest BCUT2D eigenvalue weighted by atomic mass is 10.0. The molecule has 2 N–H and O–H groups in total. The highest BCUT2D eigenvalue weighted by Gasteiger charge is 2.27. The van der Waals surface area contributed by atoms with Crippen molar-refractivity contribution in [1.82, 2.24) is 9.97 Å². The zero-order valence-corrected chi connectivity index (χ0v) is 16.4. The quantitative estimate of drug-likeness (QED) is 0.528. The molecule has 1 fully saturated rings. The average Bonchev–Trinajstić information content (AvgIpc) is 3.12. The fraction of sp³-hybridized carbons (Fsp3) is 0.227. The standard InChI is InChI=1S/C22H19ClN4O2/c23-20-4-1-13(12-25-20)19-11-18(22(24)28)17-10-14-9-15(27-5-7-29-8-6-27)2-3-16(14)21(17)26-19/h1-4,9,11-12H,5-8,10H2,(H2,24,28). The van der Waals surface area contributed by atoms with Crippen LogP contribution in [0.4, 0.5) is 5.69 Å². The Morgan fingerprint density at radius 1 is 1.14 bits per heavy atom. The van der Waals surface area contributed by atoms with Crippen molar-refractivity contribution in [3.63, 3.8) is 0 Å². The number of pyridine rings is 2. The van der Waals surface area contributed by atoms with Gasteiger partial charge in [-0.05, 0) is 41.5 Å². The molecule has 5 rings (SSSR count). The number of aromatic nitrogens is 2. The van der Waals surface area contributed by atoms with Gasteiger partial charge in [0, 0.05) is 48.1 Å². The van der Waals surface area contributed by atoms with E-state index in [1.807, 2.05) is 6.07 Å². The van der Waals surface area contributed by atoms with Gasteiger partial charge in [-0.3, -0.25) is 4.79 Å². The van der Waals surface area contributed by atoms with Crippen LogP contribution < -0.4 is 10.6 Å². The molecule has 29 heavy (non-hydrogen) atoms. The van der Waals surface area contributed by atoms with Crippen LogP contribution in [0.2, 0.25) is 5.15 Å². The second-order valence-corrected chi connectivity index (χ2v) is 7.62. The van der Waals surface area contributed by atoms with Gasteiger partial charge in [0.25, 0.3) is 0 Å². The van der Waals surface area contributed by atoms with Gasteiger partial charge in [0.1, 0.15) is 5.15 Å². The number of hydrogen-bond donors (Lipinski definition) is 1. The molecule has 1 aliphatic heterocycles. The van der Waals surface area contributed by atoms with Gasteiger partial charge < -0.3 is 15.4 Å². The number of nitrogens with zero attached hydrogens (tertiary/aromatic N) is 3. The molecule has 2 aliphatic rings. The maximum absolute atomic E-state index is 12.2. The Kier molecular flexibility index (Phi) is 4.45. The number of ether oxygens (including phenoxy) is 1. The Balaban J connectivity index is 1.60. The Bertz CT molecular complexity index is 1110. The van der Waals surface area contributed by atoms with Gasteiger partial charge in [0.15, 0.2) is 0 Å². The first-order valence-corrected chi connectivity index (χ1v) is 9.89. The third-order valence-corrected chi connectivity index (χ3v) is 5.72. The van der Waals surface area contributed by atoms with Gasteiger partial charge in [-0.15, -0.1) is 0 Å². The number of morpholine rings is 1. The minimum atomic E-state index is -0.451. The maximum atomic E-state index is 12.2. The molecule has 7 heteroatoms. The van der Waals surface area contributed by atoms with Crippen molar-refractivity contribution < 1.29 is 9.53 Å². The third-order valence-electron chi connectivity index (χ3n) is 5.50. The number of benzene rings is 1. The molecule has 3 heterocycles. The minimum Gasteiger partial charge on any atom is -0.378 e. The van der Waals surface area contributed by atoms with Crippen molar-refractivity contribution in [1.29, 1.82) is 0 Å². The molecule has 6 nitrogen and oxygen atoms in total. The van der Waals surface area contributed by atoms with Gasteiger partial charge in [0.2, 0.25) is 5.91 Å². The zero-order valence-electron chi connectivity index (χ0n) is 15.7. The summed E-state index contributed by atoms with van der Waals surface area (Å²) in [5.41, 5.74) is 12.7. The second kappa shape index (κ2) is 7.13. The van der Waals surface area contributed by atoms with Crippen LogP contribution in [0.25, 0.3) is 22.5 Å². The summed E-state index contributed by atoms with van der Waals surface area (Å²) in [6, 6.07) is 11.7. The average molecular weight is 407 g/mol. The first kappa shape index (κ1) is 18.1. The number of anilines is 1. The van der Waals surface area contributed by atoms with Crippen LogP contribution >= 0.6 is 11.6 Å². The van der Waals surface area contributed by atoms with Crippen LogP contribution in [-0.4, -0.2) is 42.2 Å². The first-order valence-electron chi connectivity index (χ1n) is 9.52. The third kappa shape index (κ3) is 3.24. The van der Waals surface area contributed by atoms with E-state index < -0.39 is 5.91 Å². The molecule has 0 radical (unpaired) electrons. The summed E-state index contributed by atoms with van der Waals surface area (Å²) >= 11 is 5.90. The number of carbonyl (C=O) groups excluding carboxylic acids is 1. The predicted octanol–water partition coefficient (Wildman–Crippen LogP) is 3.30. The predicted molar refractivity (Wildman–Crippen MR) is 112 cm³/mol. The largest absolute Gasteiger partial charge is 0.378 e. The first-order chi connectivity index (χ1) is 14.1. The molecule has 146 valence electrons. The molecule has 0 bridgehead atoms. The number of hydrogen-bond acceptors (Lipinski definition) is 5. The monoisotopic (exact) mass is 406 g/mol. The van der Waals surface area contributed by atoms with Crippen LogP contribution in [0.15, 0.2) is 42.6 Å². The number of amides is 1. The summed E-state index contributed by atoms with van der Waals surface area (Å²) in [6.07, 6.45) is 2.30. The highest BCUT2D eigenvalue weighted by atomic mass is 35.5. The van der Waals surface area contributed by atoms with E-state index in [1.165, 1.54) is 5.69 Å². The van der Waals surface area contributed by atoms with Gasteiger partial charge in [-0.2, -0.15) is 0 Å². The molecular weight excluding hydrogens is 388 g/mol. The van der Waals surface area contributed by atoms with E-state index in [1.54, 1.807) is 18.3 Å². The van der Waals surface area contributed by atoms with Crippen molar-refractivity contribution >= 4 is 23.2 Å². The van der Waals surface area contributed by atoms with Crippen LogP contribution in [-0.2, 0) is 11.2 Å². The van der Waals surface area contributed by atoms with Gasteiger partial charge in [0.05, 0.1) is 24.6 Å². The van der Waals surface area contributed by atoms with Crippen LogP contribution in [0.3, 0.4) is 0 Å². The summed E-state index contributed by atoms with van der Waals surface area (Å²) < 4.78 is 5.45. The Morgan fingerprint density at radius 3 is 2.69 bits per heavy atom. The Morgan fingerprint density at radius 2 is 1.97 bits per heavy atom. The van der Waals surface area contributed by atoms with Gasteiger partial charge in [-0.1, -0.05) is 17.7 Å². The second-order valence-electron chi connectivity index (χ2n) is 7.23. The molecule has 1 amide bonds. The van der Waals surface area contributed by atoms with Crippen LogP contribution in [0.1, 0.15) is 21.5 Å². The van der Waals surface area contributed by atoms with Crippen molar-refractivity contribution in [2.24, 2.45) is 5.73 Å². The highest BCUT2D eigenvalue weighted by Crippen LogP contribution is 2.40. The van der Waals surface area contributed by atoms with Gasteiger partial charge in [-0.25, -0.2) is 9.97 Å². The number of rotatable bonds is 3.